The molecule has 1 aromatic heterocycles. The van der Waals surface area contributed by atoms with Crippen LogP contribution >= 0.6 is 0 Å². The fourth-order valence-corrected chi connectivity index (χ4v) is 2.84. The van der Waals surface area contributed by atoms with E-state index in [2.05, 4.69) is 14.9 Å². The summed E-state index contributed by atoms with van der Waals surface area (Å²) in [4.78, 5) is 23.6. The minimum absolute atomic E-state index is 0.0810. The van der Waals surface area contributed by atoms with Gasteiger partial charge in [0, 0.05) is 62.3 Å². The van der Waals surface area contributed by atoms with Gasteiger partial charge in [0.25, 0.3) is 0 Å². The molecule has 1 fully saturated rings. The average Bonchev–Trinajstić information content (AvgIpc) is 2.62. The van der Waals surface area contributed by atoms with E-state index in [0.717, 1.165) is 16.8 Å². The lowest BCUT2D eigenvalue weighted by molar-refractivity contribution is -0.129. The van der Waals surface area contributed by atoms with E-state index in [1.807, 2.05) is 4.90 Å². The highest BCUT2D eigenvalue weighted by Gasteiger charge is 2.21. The highest BCUT2D eigenvalue weighted by atomic mass is 19.1. The molecular formula is C17H19FN4O2. The molecule has 1 aliphatic heterocycles. The zero-order valence-corrected chi connectivity index (χ0v) is 13.7. The molecule has 6 nitrogen and oxygen atoms in total. The van der Waals surface area contributed by atoms with Gasteiger partial charge in [-0.25, -0.2) is 14.4 Å². The zero-order valence-electron chi connectivity index (χ0n) is 13.7. The van der Waals surface area contributed by atoms with E-state index >= 15 is 0 Å². The van der Waals surface area contributed by atoms with Gasteiger partial charge in [-0.1, -0.05) is 0 Å². The molecule has 0 bridgehead atoms. The van der Waals surface area contributed by atoms with Crippen molar-refractivity contribution in [1.29, 1.82) is 0 Å². The van der Waals surface area contributed by atoms with Crippen molar-refractivity contribution in [2.24, 2.45) is 0 Å². The van der Waals surface area contributed by atoms with Crippen molar-refractivity contribution in [3.05, 3.63) is 36.4 Å². The first-order chi connectivity index (χ1) is 11.6. The lowest BCUT2D eigenvalue weighted by Gasteiger charge is -2.36. The lowest BCUT2D eigenvalue weighted by Crippen LogP contribution is -2.48. The lowest BCUT2D eigenvalue weighted by atomic mass is 10.0. The van der Waals surface area contributed by atoms with Crippen molar-refractivity contribution >= 4 is 11.6 Å². The van der Waals surface area contributed by atoms with E-state index in [0.29, 0.717) is 26.2 Å². The first-order valence-electron chi connectivity index (χ1n) is 7.75. The van der Waals surface area contributed by atoms with Gasteiger partial charge in [-0.2, -0.15) is 0 Å². The maximum Gasteiger partial charge on any atom is 0.316 e. The number of rotatable bonds is 3. The van der Waals surface area contributed by atoms with Crippen molar-refractivity contribution in [2.45, 2.75) is 6.92 Å². The monoisotopic (exact) mass is 330 g/mol. The summed E-state index contributed by atoms with van der Waals surface area (Å²) >= 11 is 0. The van der Waals surface area contributed by atoms with E-state index in [4.69, 9.17) is 4.74 Å². The molecule has 0 spiro atoms. The molecule has 2 heterocycles. The Morgan fingerprint density at radius 2 is 1.83 bits per heavy atom. The second-order valence-corrected chi connectivity index (χ2v) is 5.61. The number of hydrogen-bond donors (Lipinski definition) is 0. The Labute approximate surface area is 139 Å². The summed E-state index contributed by atoms with van der Waals surface area (Å²) in [6, 6.07) is 4.96. The fourth-order valence-electron chi connectivity index (χ4n) is 2.84. The number of benzene rings is 1. The molecule has 1 amide bonds. The van der Waals surface area contributed by atoms with Gasteiger partial charge in [-0.3, -0.25) is 4.79 Å². The van der Waals surface area contributed by atoms with Gasteiger partial charge in [-0.15, -0.1) is 0 Å². The number of hydrogen-bond acceptors (Lipinski definition) is 5. The number of aromatic nitrogens is 2. The number of nitrogens with zero attached hydrogens (tertiary/aromatic N) is 4. The molecule has 0 atom stereocenters. The minimum atomic E-state index is -0.313. The maximum absolute atomic E-state index is 13.8. The van der Waals surface area contributed by atoms with E-state index in [1.54, 1.807) is 25.4 Å². The summed E-state index contributed by atoms with van der Waals surface area (Å²) in [7, 11) is 1.50. The molecule has 0 unspecified atom stereocenters. The summed E-state index contributed by atoms with van der Waals surface area (Å²) in [5.74, 6) is -0.232. The minimum Gasteiger partial charge on any atom is -0.467 e. The molecule has 1 saturated heterocycles. The Balaban J connectivity index is 1.90. The second kappa shape index (κ2) is 6.82. The first kappa shape index (κ1) is 16.2. The van der Waals surface area contributed by atoms with Crippen LogP contribution in [0.1, 0.15) is 6.92 Å². The molecule has 1 aliphatic rings. The quantitative estimate of drug-likeness (QED) is 0.861. The Kier molecular flexibility index (Phi) is 4.59. The Bertz CT molecular complexity index is 728. The summed E-state index contributed by atoms with van der Waals surface area (Å²) in [6.07, 6.45) is 3.24. The predicted molar refractivity (Wildman–Crippen MR) is 88.4 cm³/mol. The third-order valence-electron chi connectivity index (χ3n) is 4.15. The SMILES string of the molecule is COc1ncc(-c2cc(F)ccc2N2CCN(C(C)=O)CC2)cn1. The van der Waals surface area contributed by atoms with Gasteiger partial charge < -0.3 is 14.5 Å². The molecule has 0 N–H and O–H groups in total. The van der Waals surface area contributed by atoms with Crippen molar-refractivity contribution in [3.63, 3.8) is 0 Å². The zero-order chi connectivity index (χ0) is 17.1. The summed E-state index contributed by atoms with van der Waals surface area (Å²) in [5, 5.41) is 0. The topological polar surface area (TPSA) is 58.6 Å². The number of piperazine rings is 1. The molecule has 7 heteroatoms. The standard InChI is InChI=1S/C17H19FN4O2/c1-12(23)21-5-7-22(8-6-21)16-4-3-14(18)9-15(16)13-10-19-17(24-2)20-11-13/h3-4,9-11H,5-8H2,1-2H3. The largest absolute Gasteiger partial charge is 0.467 e. The van der Waals surface area contributed by atoms with Crippen LogP contribution in [0.15, 0.2) is 30.6 Å². The predicted octanol–water partition coefficient (Wildman–Crippen LogP) is 1.96. The van der Waals surface area contributed by atoms with Crippen LogP contribution < -0.4 is 9.64 Å². The fraction of sp³-hybridized carbons (Fsp3) is 0.353. The Morgan fingerprint density at radius 3 is 2.42 bits per heavy atom. The maximum atomic E-state index is 13.8. The number of carbonyl (C=O) groups excluding carboxylic acids is 1. The van der Waals surface area contributed by atoms with Gasteiger partial charge in [0.1, 0.15) is 5.82 Å². The number of carbonyl (C=O) groups is 1. The number of halogens is 1. The van der Waals surface area contributed by atoms with Crippen LogP contribution in [-0.2, 0) is 4.79 Å². The van der Waals surface area contributed by atoms with E-state index in [1.165, 1.54) is 19.2 Å². The number of methoxy groups -OCH3 is 1. The normalized spacial score (nSPS) is 14.6. The molecule has 126 valence electrons. The van der Waals surface area contributed by atoms with E-state index < -0.39 is 0 Å². The second-order valence-electron chi connectivity index (χ2n) is 5.61. The van der Waals surface area contributed by atoms with E-state index in [-0.39, 0.29) is 17.7 Å². The van der Waals surface area contributed by atoms with Crippen LogP contribution in [0.2, 0.25) is 0 Å². The highest BCUT2D eigenvalue weighted by Crippen LogP contribution is 2.32. The molecule has 0 radical (unpaired) electrons. The number of amides is 1. The summed E-state index contributed by atoms with van der Waals surface area (Å²) < 4.78 is 18.7. The van der Waals surface area contributed by atoms with Crippen LogP contribution in [0.5, 0.6) is 6.01 Å². The van der Waals surface area contributed by atoms with Gasteiger partial charge in [-0.05, 0) is 18.2 Å². The first-order valence-corrected chi connectivity index (χ1v) is 7.75. The molecule has 24 heavy (non-hydrogen) atoms. The average molecular weight is 330 g/mol. The Hall–Kier alpha value is -2.70. The van der Waals surface area contributed by atoms with Crippen LogP contribution in [-0.4, -0.2) is 54.1 Å². The highest BCUT2D eigenvalue weighted by molar-refractivity contribution is 5.78. The summed E-state index contributed by atoms with van der Waals surface area (Å²) in [6.45, 7) is 4.30. The van der Waals surface area contributed by atoms with Gasteiger partial charge in [0.05, 0.1) is 7.11 Å². The third-order valence-corrected chi connectivity index (χ3v) is 4.15. The van der Waals surface area contributed by atoms with Crippen LogP contribution in [0.4, 0.5) is 10.1 Å². The van der Waals surface area contributed by atoms with Gasteiger partial charge in [0.15, 0.2) is 0 Å². The van der Waals surface area contributed by atoms with Crippen molar-refractivity contribution in [3.8, 4) is 17.1 Å². The van der Waals surface area contributed by atoms with Crippen molar-refractivity contribution in [2.75, 3.05) is 38.2 Å². The molecule has 2 aromatic rings. The number of anilines is 1. The van der Waals surface area contributed by atoms with Crippen molar-refractivity contribution in [1.82, 2.24) is 14.9 Å². The summed E-state index contributed by atoms with van der Waals surface area (Å²) in [5.41, 5.74) is 2.36. The molecule has 0 aliphatic carbocycles. The third kappa shape index (κ3) is 3.29. The van der Waals surface area contributed by atoms with Gasteiger partial charge >= 0.3 is 6.01 Å². The van der Waals surface area contributed by atoms with Crippen LogP contribution in [0, 0.1) is 5.82 Å². The molecule has 0 saturated carbocycles. The van der Waals surface area contributed by atoms with E-state index in [9.17, 15) is 9.18 Å². The van der Waals surface area contributed by atoms with Gasteiger partial charge in [0.2, 0.25) is 5.91 Å². The Morgan fingerprint density at radius 1 is 1.17 bits per heavy atom. The molecule has 1 aromatic carbocycles. The number of ether oxygens (including phenoxy) is 1. The van der Waals surface area contributed by atoms with Crippen LogP contribution in [0.25, 0.3) is 11.1 Å². The smallest absolute Gasteiger partial charge is 0.316 e. The molecule has 3 rings (SSSR count). The van der Waals surface area contributed by atoms with Crippen LogP contribution in [0.3, 0.4) is 0 Å². The molecular weight excluding hydrogens is 311 g/mol. The van der Waals surface area contributed by atoms with Crippen molar-refractivity contribution < 1.29 is 13.9 Å².